The molecule has 1 aromatic carbocycles. The predicted molar refractivity (Wildman–Crippen MR) is 177 cm³/mol. The molecule has 4 saturated carbocycles. The van der Waals surface area contributed by atoms with Crippen molar-refractivity contribution in [3.63, 3.8) is 0 Å². The zero-order chi connectivity index (χ0) is 35.0. The zero-order valence-electron chi connectivity index (χ0n) is 28.7. The lowest BCUT2D eigenvalue weighted by molar-refractivity contribution is -0.163. The number of anilines is 2. The summed E-state index contributed by atoms with van der Waals surface area (Å²) in [6.45, 7) is 7.73. The molecule has 6 fully saturated rings. The van der Waals surface area contributed by atoms with Gasteiger partial charge in [-0.25, -0.2) is 14.8 Å². The van der Waals surface area contributed by atoms with Crippen LogP contribution in [0.3, 0.4) is 0 Å². The quantitative estimate of drug-likeness (QED) is 0.362. The highest BCUT2D eigenvalue weighted by atomic mass is 19.4. The van der Waals surface area contributed by atoms with E-state index >= 15 is 0 Å². The Kier molecular flexibility index (Phi) is 8.32. The number of hydrogen-bond acceptors (Lipinski definition) is 8. The van der Waals surface area contributed by atoms with Crippen molar-refractivity contribution in [1.82, 2.24) is 20.2 Å². The zero-order valence-corrected chi connectivity index (χ0v) is 28.7. The molecule has 2 N–H and O–H groups in total. The van der Waals surface area contributed by atoms with Gasteiger partial charge in [-0.15, -0.1) is 0 Å². The van der Waals surface area contributed by atoms with Gasteiger partial charge in [0, 0.05) is 56.2 Å². The summed E-state index contributed by atoms with van der Waals surface area (Å²) in [5.41, 5.74) is -2.44. The van der Waals surface area contributed by atoms with E-state index in [-0.39, 0.29) is 29.3 Å². The number of carbonyl (C=O) groups is 2. The van der Waals surface area contributed by atoms with Crippen LogP contribution in [0.5, 0.6) is 5.75 Å². The fourth-order valence-corrected chi connectivity index (χ4v) is 10.5. The Morgan fingerprint density at radius 3 is 2.30 bits per heavy atom. The van der Waals surface area contributed by atoms with Crippen molar-refractivity contribution in [2.75, 3.05) is 37.7 Å². The summed E-state index contributed by atoms with van der Waals surface area (Å²) in [6, 6.07) is 6.25. The molecule has 3 aliphatic heterocycles. The Labute approximate surface area is 290 Å². The van der Waals surface area contributed by atoms with Crippen LogP contribution in [0.15, 0.2) is 24.4 Å². The van der Waals surface area contributed by atoms with Gasteiger partial charge < -0.3 is 29.7 Å². The number of amides is 1. The van der Waals surface area contributed by atoms with E-state index in [9.17, 15) is 27.9 Å². The van der Waals surface area contributed by atoms with Crippen LogP contribution in [0.4, 0.5) is 24.8 Å². The minimum atomic E-state index is -4.98. The number of benzene rings is 1. The van der Waals surface area contributed by atoms with Crippen molar-refractivity contribution in [3.05, 3.63) is 41.2 Å². The molecule has 0 unspecified atom stereocenters. The van der Waals surface area contributed by atoms with E-state index < -0.39 is 34.8 Å². The molecule has 7 aliphatic rings. The Morgan fingerprint density at radius 2 is 1.70 bits per heavy atom. The van der Waals surface area contributed by atoms with Gasteiger partial charge in [-0.05, 0) is 119 Å². The second-order valence-corrected chi connectivity index (χ2v) is 16.0. The van der Waals surface area contributed by atoms with Crippen LogP contribution in [0.1, 0.15) is 93.3 Å². The van der Waals surface area contributed by atoms with E-state index in [1.165, 1.54) is 0 Å². The minimum absolute atomic E-state index is 0.0849. The van der Waals surface area contributed by atoms with Gasteiger partial charge in [0.15, 0.2) is 5.69 Å². The third-order valence-electron chi connectivity index (χ3n) is 12.9. The van der Waals surface area contributed by atoms with Gasteiger partial charge in [0.2, 0.25) is 5.95 Å². The van der Waals surface area contributed by atoms with Gasteiger partial charge >= 0.3 is 12.1 Å². The van der Waals surface area contributed by atoms with Crippen LogP contribution < -0.4 is 15.0 Å². The third-order valence-corrected chi connectivity index (χ3v) is 12.9. The van der Waals surface area contributed by atoms with Crippen molar-refractivity contribution in [2.24, 2.45) is 23.7 Å². The molecule has 270 valence electrons. The number of aromatic nitrogens is 2. The van der Waals surface area contributed by atoms with E-state index in [0.717, 1.165) is 49.9 Å². The number of alkyl halides is 3. The number of halogens is 3. The number of fused-ring (bicyclic) bond motifs is 2. The molecule has 4 aliphatic carbocycles. The Bertz CT molecular complexity index is 1620. The van der Waals surface area contributed by atoms with Gasteiger partial charge in [-0.1, -0.05) is 0 Å². The normalized spacial score (nSPS) is 30.6. The Morgan fingerprint density at radius 1 is 1.04 bits per heavy atom. The molecule has 2 saturated heterocycles. The predicted octanol–water partition coefficient (Wildman–Crippen LogP) is 5.96. The Hall–Kier alpha value is -3.45. The SMILES string of the molecule is CC(C)N1CCC(Oc2ccc3c(c2)C2(CCOCC2)CN3c2ncc(C(=O)NC3(C(=O)O)C4CC5CC(C4)CC3C5)c(C(F)(F)F)n2)CC1. The lowest BCUT2D eigenvalue weighted by Crippen LogP contribution is -2.70. The van der Waals surface area contributed by atoms with Gasteiger partial charge in [0.1, 0.15) is 17.4 Å². The first-order chi connectivity index (χ1) is 23.9. The average Bonchev–Trinajstić information content (AvgIpc) is 3.38. The molecular formula is C37H46F3N5O5. The number of hydrogen-bond donors (Lipinski definition) is 2. The minimum Gasteiger partial charge on any atom is -0.490 e. The maximum atomic E-state index is 14.7. The summed E-state index contributed by atoms with van der Waals surface area (Å²) in [5.74, 6) is -1.50. The average molecular weight is 698 g/mol. The lowest BCUT2D eigenvalue weighted by Gasteiger charge is -2.59. The number of carboxylic acids is 1. The van der Waals surface area contributed by atoms with Crippen molar-refractivity contribution in [3.8, 4) is 5.75 Å². The number of rotatable bonds is 7. The van der Waals surface area contributed by atoms with Crippen LogP contribution in [0, 0.1) is 23.7 Å². The molecule has 50 heavy (non-hydrogen) atoms. The Balaban J connectivity index is 1.09. The standard InChI is InChI=1S/C37H46F3N5O5/c1-21(2)44-9-5-26(6-10-44)50-27-3-4-30-29(18-27)35(7-11-49-12-8-35)20-45(30)34-41-19-28(31(42-34)37(38,39)40)32(46)43-36(33(47)48)24-14-22-13-23(16-24)17-25(36)15-22/h3-4,18-19,21-26H,5-17,20H2,1-2H3,(H,43,46)(H,47,48). The smallest absolute Gasteiger partial charge is 0.434 e. The van der Waals surface area contributed by atoms with Gasteiger partial charge in [-0.2, -0.15) is 13.2 Å². The maximum Gasteiger partial charge on any atom is 0.434 e. The first kappa shape index (κ1) is 33.7. The summed E-state index contributed by atoms with van der Waals surface area (Å²) in [4.78, 5) is 39.1. The monoisotopic (exact) mass is 697 g/mol. The number of piperidine rings is 1. The highest BCUT2D eigenvalue weighted by Gasteiger charge is 2.62. The molecule has 1 amide bonds. The molecule has 0 radical (unpaired) electrons. The molecule has 9 rings (SSSR count). The van der Waals surface area contributed by atoms with Crippen molar-refractivity contribution < 1.29 is 37.3 Å². The van der Waals surface area contributed by atoms with Crippen LogP contribution in [-0.4, -0.2) is 82.4 Å². The van der Waals surface area contributed by atoms with Crippen molar-refractivity contribution in [1.29, 1.82) is 0 Å². The second-order valence-electron chi connectivity index (χ2n) is 16.0. The first-order valence-electron chi connectivity index (χ1n) is 18.3. The highest BCUT2D eigenvalue weighted by Crippen LogP contribution is 2.58. The number of ether oxygens (including phenoxy) is 2. The number of likely N-dealkylation sites (tertiary alicyclic amines) is 1. The number of carbonyl (C=O) groups excluding carboxylic acids is 1. The number of carboxylic acid groups (broad SMARTS) is 1. The van der Waals surface area contributed by atoms with Crippen LogP contribution >= 0.6 is 0 Å². The number of aliphatic carboxylic acids is 1. The van der Waals surface area contributed by atoms with E-state index in [4.69, 9.17) is 9.47 Å². The molecule has 1 spiro atoms. The molecule has 10 nitrogen and oxygen atoms in total. The van der Waals surface area contributed by atoms with Gasteiger partial charge in [0.05, 0.1) is 5.56 Å². The molecule has 13 heteroatoms. The van der Waals surface area contributed by atoms with Gasteiger partial charge in [-0.3, -0.25) is 4.79 Å². The molecule has 1 aromatic heterocycles. The van der Waals surface area contributed by atoms with Crippen molar-refractivity contribution >= 4 is 23.5 Å². The summed E-state index contributed by atoms with van der Waals surface area (Å²) in [7, 11) is 0. The largest absolute Gasteiger partial charge is 0.490 e. The van der Waals surface area contributed by atoms with E-state index in [0.29, 0.717) is 81.8 Å². The highest BCUT2D eigenvalue weighted by molar-refractivity contribution is 5.99. The van der Waals surface area contributed by atoms with Gasteiger partial charge in [0.25, 0.3) is 5.91 Å². The molecule has 0 atom stereocenters. The fraction of sp³-hybridized carbons (Fsp3) is 0.676. The lowest BCUT2D eigenvalue weighted by atomic mass is 9.48. The number of nitrogens with one attached hydrogen (secondary N) is 1. The number of nitrogens with zero attached hydrogens (tertiary/aromatic N) is 4. The molecule has 4 bridgehead atoms. The molecule has 2 aromatic rings. The molecular weight excluding hydrogens is 651 g/mol. The summed E-state index contributed by atoms with van der Waals surface area (Å²) >= 11 is 0. The van der Waals surface area contributed by atoms with E-state index in [2.05, 4.69) is 34.0 Å². The summed E-state index contributed by atoms with van der Waals surface area (Å²) < 4.78 is 56.4. The van der Waals surface area contributed by atoms with Crippen LogP contribution in [0.2, 0.25) is 0 Å². The van der Waals surface area contributed by atoms with E-state index in [1.54, 1.807) is 4.90 Å². The fourth-order valence-electron chi connectivity index (χ4n) is 10.5. The second kappa shape index (κ2) is 12.4. The maximum absolute atomic E-state index is 14.7. The van der Waals surface area contributed by atoms with Crippen LogP contribution in [-0.2, 0) is 21.1 Å². The summed E-state index contributed by atoms with van der Waals surface area (Å²) in [6.07, 6.45) is 2.92. The molecule has 4 heterocycles. The summed E-state index contributed by atoms with van der Waals surface area (Å²) in [5, 5.41) is 13.1. The van der Waals surface area contributed by atoms with E-state index in [1.807, 2.05) is 18.2 Å². The van der Waals surface area contributed by atoms with Crippen molar-refractivity contribution in [2.45, 2.75) is 101 Å². The first-order valence-corrected chi connectivity index (χ1v) is 18.3. The third kappa shape index (κ3) is 5.63. The van der Waals surface area contributed by atoms with Crippen LogP contribution in [0.25, 0.3) is 0 Å². The topological polar surface area (TPSA) is 117 Å².